The summed E-state index contributed by atoms with van der Waals surface area (Å²) in [5, 5.41) is 5.39. The van der Waals surface area contributed by atoms with Crippen molar-refractivity contribution in [1.82, 2.24) is 15.5 Å². The van der Waals surface area contributed by atoms with E-state index in [4.69, 9.17) is 0 Å². The predicted octanol–water partition coefficient (Wildman–Crippen LogP) is 0.278. The molecule has 2 aliphatic rings. The number of carbonyl (C=O) groups excluding carboxylic acids is 2. The number of hydrogen-bond acceptors (Lipinski definition) is 3. The first-order valence-electron chi connectivity index (χ1n) is 6.99. The van der Waals surface area contributed by atoms with Crippen LogP contribution in [0.3, 0.4) is 0 Å². The zero-order chi connectivity index (χ0) is 13.8. The van der Waals surface area contributed by atoms with Crippen LogP contribution in [-0.4, -0.2) is 48.9 Å². The highest BCUT2D eigenvalue weighted by molar-refractivity contribution is 5.90. The first-order valence-corrected chi connectivity index (χ1v) is 6.99. The Hall–Kier alpha value is -1.36. The summed E-state index contributed by atoms with van der Waals surface area (Å²) in [6, 6.07) is 1.39. The lowest BCUT2D eigenvalue weighted by molar-refractivity contribution is -0.124. The van der Waals surface area contributed by atoms with Crippen LogP contribution in [0, 0.1) is 5.92 Å². The molecule has 106 valence electrons. The van der Waals surface area contributed by atoms with Gasteiger partial charge in [-0.3, -0.25) is 9.59 Å². The Balaban J connectivity index is 1.67. The Morgan fingerprint density at radius 1 is 1.26 bits per heavy atom. The van der Waals surface area contributed by atoms with Crippen LogP contribution in [0.4, 0.5) is 0 Å². The van der Waals surface area contributed by atoms with Gasteiger partial charge in [-0.05, 0) is 44.7 Å². The molecule has 0 aromatic heterocycles. The summed E-state index contributed by atoms with van der Waals surface area (Å²) in [6.45, 7) is 4.10. The molecule has 5 nitrogen and oxygen atoms in total. The third-order valence-electron chi connectivity index (χ3n) is 4.39. The maximum Gasteiger partial charge on any atom is 0.243 e. The molecule has 2 unspecified atom stereocenters. The molecule has 2 heterocycles. The third-order valence-corrected chi connectivity index (χ3v) is 4.39. The molecule has 2 aliphatic heterocycles. The summed E-state index contributed by atoms with van der Waals surface area (Å²) in [5.41, 5.74) is 0. The van der Waals surface area contributed by atoms with Crippen molar-refractivity contribution in [3.63, 3.8) is 0 Å². The van der Waals surface area contributed by atoms with Crippen LogP contribution in [-0.2, 0) is 9.59 Å². The van der Waals surface area contributed by atoms with Gasteiger partial charge in [0.05, 0.1) is 6.54 Å². The van der Waals surface area contributed by atoms with E-state index in [0.29, 0.717) is 18.0 Å². The fraction of sp³-hybridized carbons (Fsp3) is 0.714. The summed E-state index contributed by atoms with van der Waals surface area (Å²) >= 11 is 0. The van der Waals surface area contributed by atoms with Crippen LogP contribution in [0.25, 0.3) is 0 Å². The molecule has 0 saturated carbocycles. The molecule has 2 atom stereocenters. The molecule has 0 aliphatic carbocycles. The van der Waals surface area contributed by atoms with Crippen LogP contribution in [0.15, 0.2) is 12.7 Å². The van der Waals surface area contributed by atoms with E-state index in [1.807, 2.05) is 0 Å². The molecule has 2 bridgehead atoms. The lowest BCUT2D eigenvalue weighted by Crippen LogP contribution is -2.44. The van der Waals surface area contributed by atoms with Gasteiger partial charge in [0.1, 0.15) is 0 Å². The average Bonchev–Trinajstić information content (AvgIpc) is 2.65. The molecule has 2 rings (SSSR count). The largest absolute Gasteiger partial charge is 0.354 e. The highest BCUT2D eigenvalue weighted by atomic mass is 16.2. The first kappa shape index (κ1) is 14.1. The van der Waals surface area contributed by atoms with Gasteiger partial charge < -0.3 is 15.5 Å². The Labute approximate surface area is 114 Å². The van der Waals surface area contributed by atoms with Gasteiger partial charge in [0, 0.05) is 18.6 Å². The Bertz CT molecular complexity index is 356. The summed E-state index contributed by atoms with van der Waals surface area (Å²) < 4.78 is 0. The minimum absolute atomic E-state index is 0.0321. The van der Waals surface area contributed by atoms with Crippen molar-refractivity contribution in [2.45, 2.75) is 37.8 Å². The highest BCUT2D eigenvalue weighted by Gasteiger charge is 2.38. The fourth-order valence-corrected chi connectivity index (χ4v) is 3.25. The summed E-state index contributed by atoms with van der Waals surface area (Å²) in [7, 11) is 2.21. The van der Waals surface area contributed by atoms with E-state index < -0.39 is 0 Å². The first-order chi connectivity index (χ1) is 9.10. The van der Waals surface area contributed by atoms with Gasteiger partial charge in [0.15, 0.2) is 0 Å². The smallest absolute Gasteiger partial charge is 0.243 e. The lowest BCUT2D eigenvalue weighted by atomic mass is 9.91. The molecular formula is C14H23N3O2. The van der Waals surface area contributed by atoms with Crippen molar-refractivity contribution < 1.29 is 9.59 Å². The highest BCUT2D eigenvalue weighted by Crippen LogP contribution is 2.36. The molecule has 2 N–H and O–H groups in total. The molecule has 0 aromatic carbocycles. The summed E-state index contributed by atoms with van der Waals surface area (Å²) in [6.07, 6.45) is 6.10. The summed E-state index contributed by atoms with van der Waals surface area (Å²) in [4.78, 5) is 25.0. The predicted molar refractivity (Wildman–Crippen MR) is 73.5 cm³/mol. The number of amides is 2. The van der Waals surface area contributed by atoms with Gasteiger partial charge in [-0.15, -0.1) is 0 Å². The van der Waals surface area contributed by atoms with E-state index in [9.17, 15) is 9.59 Å². The van der Waals surface area contributed by atoms with Gasteiger partial charge in [0.2, 0.25) is 11.8 Å². The maximum absolute atomic E-state index is 11.6. The molecule has 2 fully saturated rings. The van der Waals surface area contributed by atoms with Gasteiger partial charge >= 0.3 is 0 Å². The Morgan fingerprint density at radius 2 is 1.89 bits per heavy atom. The number of piperidine rings is 1. The number of carbonyl (C=O) groups is 2. The lowest BCUT2D eigenvalue weighted by Gasteiger charge is -2.36. The van der Waals surface area contributed by atoms with E-state index in [0.717, 1.165) is 6.54 Å². The van der Waals surface area contributed by atoms with Crippen LogP contribution >= 0.6 is 0 Å². The second-order valence-electron chi connectivity index (χ2n) is 5.61. The number of nitrogens with one attached hydrogen (secondary N) is 2. The van der Waals surface area contributed by atoms with E-state index >= 15 is 0 Å². The normalized spacial score (nSPS) is 29.8. The zero-order valence-electron chi connectivity index (χ0n) is 11.5. The van der Waals surface area contributed by atoms with E-state index in [-0.39, 0.29) is 18.4 Å². The molecule has 0 aromatic rings. The average molecular weight is 265 g/mol. The van der Waals surface area contributed by atoms with Crippen LogP contribution in [0.5, 0.6) is 0 Å². The van der Waals surface area contributed by atoms with Gasteiger partial charge in [-0.2, -0.15) is 0 Å². The van der Waals surface area contributed by atoms with Gasteiger partial charge in [0.25, 0.3) is 0 Å². The second-order valence-corrected chi connectivity index (χ2v) is 5.61. The van der Waals surface area contributed by atoms with Crippen LogP contribution in [0.1, 0.15) is 25.7 Å². The number of rotatable bonds is 5. The Morgan fingerprint density at radius 3 is 2.47 bits per heavy atom. The van der Waals surface area contributed by atoms with Crippen molar-refractivity contribution in [3.05, 3.63) is 12.7 Å². The summed E-state index contributed by atoms with van der Waals surface area (Å²) in [5.74, 6) is 0.140. The zero-order valence-corrected chi connectivity index (χ0v) is 11.5. The molecule has 0 spiro atoms. The van der Waals surface area contributed by atoms with Crippen molar-refractivity contribution in [1.29, 1.82) is 0 Å². The van der Waals surface area contributed by atoms with E-state index in [1.165, 1.54) is 31.8 Å². The van der Waals surface area contributed by atoms with Gasteiger partial charge in [-0.25, -0.2) is 0 Å². The molecule has 2 amide bonds. The van der Waals surface area contributed by atoms with Crippen molar-refractivity contribution >= 4 is 11.8 Å². The van der Waals surface area contributed by atoms with Gasteiger partial charge in [-0.1, -0.05) is 6.58 Å². The standard InChI is InChI=1S/C14H23N3O2/c1-3-13(18)16-9-14(19)15-8-10-6-11-4-5-12(7-10)17(11)2/h3,10-12H,1,4-9H2,2H3,(H,15,19)(H,16,18). The van der Waals surface area contributed by atoms with Crippen LogP contribution < -0.4 is 10.6 Å². The SMILES string of the molecule is C=CC(=O)NCC(=O)NCC1CC2CCC(C1)N2C. The molecule has 0 radical (unpaired) electrons. The second kappa shape index (κ2) is 6.19. The van der Waals surface area contributed by atoms with E-state index in [1.54, 1.807) is 0 Å². The van der Waals surface area contributed by atoms with Crippen molar-refractivity contribution in [2.24, 2.45) is 5.92 Å². The number of fused-ring (bicyclic) bond motifs is 2. The molecule has 2 saturated heterocycles. The minimum Gasteiger partial charge on any atom is -0.354 e. The van der Waals surface area contributed by atoms with Crippen molar-refractivity contribution in [2.75, 3.05) is 20.1 Å². The quantitative estimate of drug-likeness (QED) is 0.702. The van der Waals surface area contributed by atoms with Crippen LogP contribution in [0.2, 0.25) is 0 Å². The maximum atomic E-state index is 11.6. The monoisotopic (exact) mass is 265 g/mol. The topological polar surface area (TPSA) is 61.4 Å². The van der Waals surface area contributed by atoms with E-state index in [2.05, 4.69) is 29.2 Å². The number of hydrogen-bond donors (Lipinski definition) is 2. The minimum atomic E-state index is -0.313. The molecule has 5 heteroatoms. The fourth-order valence-electron chi connectivity index (χ4n) is 3.25. The third kappa shape index (κ3) is 3.56. The number of nitrogens with zero attached hydrogens (tertiary/aromatic N) is 1. The Kier molecular flexibility index (Phi) is 4.58. The molecule has 19 heavy (non-hydrogen) atoms. The molecular weight excluding hydrogens is 242 g/mol. The van der Waals surface area contributed by atoms with Crippen molar-refractivity contribution in [3.8, 4) is 0 Å².